The van der Waals surface area contributed by atoms with Crippen LogP contribution in [-0.4, -0.2) is 61.6 Å². The minimum absolute atomic E-state index is 0.0911. The molecule has 0 aliphatic heterocycles. The van der Waals surface area contributed by atoms with Crippen LogP contribution in [0, 0.1) is 11.8 Å². The summed E-state index contributed by atoms with van der Waals surface area (Å²) in [6.45, 7) is 11.5. The zero-order valence-electron chi connectivity index (χ0n) is 23.7. The van der Waals surface area contributed by atoms with Gasteiger partial charge >= 0.3 is 24.4 Å². The number of carboxylic acid groups (broad SMARTS) is 1. The molecule has 220 valence electrons. The maximum atomic E-state index is 12.4. The maximum absolute atomic E-state index is 12.4. The molecular formula is C27H41NO11. The average Bonchev–Trinajstić information content (AvgIpc) is 2.91. The number of carbonyl (C=O) groups is 4. The van der Waals surface area contributed by atoms with Crippen LogP contribution in [0.1, 0.15) is 66.4 Å². The van der Waals surface area contributed by atoms with E-state index in [1.54, 1.807) is 6.92 Å². The van der Waals surface area contributed by atoms with Crippen LogP contribution in [0.5, 0.6) is 11.5 Å². The average molecular weight is 556 g/mol. The van der Waals surface area contributed by atoms with Gasteiger partial charge in [-0.15, -0.1) is 0 Å². The summed E-state index contributed by atoms with van der Waals surface area (Å²) in [5.74, 6) is -1.64. The molecule has 0 amide bonds. The van der Waals surface area contributed by atoms with Crippen LogP contribution in [0.4, 0.5) is 14.4 Å². The van der Waals surface area contributed by atoms with E-state index in [9.17, 15) is 24.3 Å². The molecule has 0 radical (unpaired) electrons. The van der Waals surface area contributed by atoms with E-state index in [0.29, 0.717) is 6.42 Å². The highest BCUT2D eigenvalue weighted by Crippen LogP contribution is 2.31. The summed E-state index contributed by atoms with van der Waals surface area (Å²) in [4.78, 5) is 49.0. The van der Waals surface area contributed by atoms with Gasteiger partial charge in [0, 0.05) is 12.5 Å². The van der Waals surface area contributed by atoms with E-state index < -0.39 is 36.6 Å². The number of hydrogen-bond donors (Lipinski definition) is 2. The maximum Gasteiger partial charge on any atom is 0.513 e. The van der Waals surface area contributed by atoms with Gasteiger partial charge in [0.2, 0.25) is 0 Å². The Balaban J connectivity index is 3.36. The van der Waals surface area contributed by atoms with Crippen LogP contribution in [-0.2, 0) is 30.2 Å². The zero-order chi connectivity index (χ0) is 29.6. The molecule has 3 unspecified atom stereocenters. The van der Waals surface area contributed by atoms with E-state index in [0.717, 1.165) is 20.0 Å². The summed E-state index contributed by atoms with van der Waals surface area (Å²) in [6, 6.07) is 3.68. The Kier molecular flexibility index (Phi) is 14.1. The SMILES string of the molecule is CCC(C)COC(=O)Oc1ccc(C[C@](NC(C)CC)(OC(=O)OC)C(=O)O)cc1OC(=O)OCC(C)CC. The topological polar surface area (TPSA) is 156 Å². The first-order valence-corrected chi connectivity index (χ1v) is 13.0. The Hall–Kier alpha value is -3.54. The molecule has 0 aromatic heterocycles. The van der Waals surface area contributed by atoms with Crippen molar-refractivity contribution in [2.75, 3.05) is 20.3 Å². The Bertz CT molecular complexity index is 967. The molecule has 1 rings (SSSR count). The van der Waals surface area contributed by atoms with Crippen molar-refractivity contribution < 1.29 is 52.7 Å². The normalized spacial score (nSPS) is 14.6. The molecule has 0 fully saturated rings. The summed E-state index contributed by atoms with van der Waals surface area (Å²) in [5.41, 5.74) is -1.95. The fraction of sp³-hybridized carbons (Fsp3) is 0.630. The van der Waals surface area contributed by atoms with Crippen molar-refractivity contribution >= 4 is 24.4 Å². The van der Waals surface area contributed by atoms with Crippen molar-refractivity contribution in [3.05, 3.63) is 23.8 Å². The van der Waals surface area contributed by atoms with E-state index in [4.69, 9.17) is 23.7 Å². The summed E-state index contributed by atoms with van der Waals surface area (Å²) in [7, 11) is 1.06. The largest absolute Gasteiger partial charge is 0.513 e. The van der Waals surface area contributed by atoms with Crippen LogP contribution in [0.3, 0.4) is 0 Å². The molecule has 0 aliphatic carbocycles. The Morgan fingerprint density at radius 2 is 1.38 bits per heavy atom. The lowest BCUT2D eigenvalue weighted by Crippen LogP contribution is -2.59. The standard InChI is InChI=1S/C27H41NO11/c1-8-17(4)15-35-25(32)37-21-12-11-20(13-22(21)38-26(33)36-16-18(5)9-2)14-27(23(29)30,28-19(6)10-3)39-24(31)34-7/h11-13,17-19,28H,8-10,14-16H2,1-7H3,(H,29,30)/t17?,18?,19?,27-/m0/s1. The van der Waals surface area contributed by atoms with Crippen molar-refractivity contribution in [1.82, 2.24) is 5.32 Å². The van der Waals surface area contributed by atoms with Gasteiger partial charge in [-0.05, 0) is 42.9 Å². The minimum atomic E-state index is -2.21. The third-order valence-corrected chi connectivity index (χ3v) is 6.07. The fourth-order valence-electron chi connectivity index (χ4n) is 2.99. The Morgan fingerprint density at radius 3 is 1.85 bits per heavy atom. The first-order chi connectivity index (χ1) is 18.4. The number of rotatable bonds is 15. The highest BCUT2D eigenvalue weighted by molar-refractivity contribution is 5.80. The van der Waals surface area contributed by atoms with E-state index in [2.05, 4.69) is 10.1 Å². The van der Waals surface area contributed by atoms with Gasteiger partial charge in [-0.3, -0.25) is 5.32 Å². The number of ether oxygens (including phenoxy) is 6. The van der Waals surface area contributed by atoms with E-state index in [1.807, 2.05) is 34.6 Å². The monoisotopic (exact) mass is 555 g/mol. The van der Waals surface area contributed by atoms with Crippen LogP contribution in [0.25, 0.3) is 0 Å². The van der Waals surface area contributed by atoms with Crippen molar-refractivity contribution in [3.8, 4) is 11.5 Å². The second kappa shape index (κ2) is 16.4. The number of carbonyl (C=O) groups excluding carboxylic acids is 3. The summed E-state index contributed by atoms with van der Waals surface area (Å²) in [5, 5.41) is 12.9. The molecule has 0 bridgehead atoms. The third kappa shape index (κ3) is 11.4. The first-order valence-electron chi connectivity index (χ1n) is 13.0. The summed E-state index contributed by atoms with van der Waals surface area (Å²) < 4.78 is 30.5. The quantitative estimate of drug-likeness (QED) is 0.125. The Labute approximate surface area is 229 Å². The second-order valence-electron chi connectivity index (χ2n) is 9.45. The molecule has 0 saturated heterocycles. The van der Waals surface area contributed by atoms with Crippen LogP contribution in [0.2, 0.25) is 0 Å². The van der Waals surface area contributed by atoms with Crippen molar-refractivity contribution in [2.24, 2.45) is 11.8 Å². The highest BCUT2D eigenvalue weighted by atomic mass is 16.8. The molecule has 0 aliphatic rings. The molecule has 12 nitrogen and oxygen atoms in total. The van der Waals surface area contributed by atoms with Gasteiger partial charge in [-0.25, -0.2) is 19.2 Å². The molecule has 12 heteroatoms. The number of methoxy groups -OCH3 is 1. The lowest BCUT2D eigenvalue weighted by molar-refractivity contribution is -0.166. The molecule has 4 atom stereocenters. The first kappa shape index (κ1) is 33.5. The van der Waals surface area contributed by atoms with E-state index in [1.165, 1.54) is 18.2 Å². The van der Waals surface area contributed by atoms with Crippen molar-refractivity contribution in [1.29, 1.82) is 0 Å². The fourth-order valence-corrected chi connectivity index (χ4v) is 2.99. The zero-order valence-corrected chi connectivity index (χ0v) is 23.7. The molecule has 2 N–H and O–H groups in total. The summed E-state index contributed by atoms with van der Waals surface area (Å²) >= 11 is 0. The summed E-state index contributed by atoms with van der Waals surface area (Å²) in [6.07, 6.45) is -1.55. The van der Waals surface area contributed by atoms with Crippen molar-refractivity contribution in [2.45, 2.75) is 79.0 Å². The molecule has 1 aromatic carbocycles. The van der Waals surface area contributed by atoms with E-state index >= 15 is 0 Å². The van der Waals surface area contributed by atoms with Gasteiger partial charge in [-0.1, -0.05) is 53.5 Å². The molecule has 1 aromatic rings. The predicted molar refractivity (Wildman–Crippen MR) is 140 cm³/mol. The number of nitrogens with one attached hydrogen (secondary N) is 1. The molecule has 0 spiro atoms. The third-order valence-electron chi connectivity index (χ3n) is 6.07. The second-order valence-corrected chi connectivity index (χ2v) is 9.45. The lowest BCUT2D eigenvalue weighted by atomic mass is 10.00. The number of carboxylic acids is 1. The highest BCUT2D eigenvalue weighted by Gasteiger charge is 2.44. The lowest BCUT2D eigenvalue weighted by Gasteiger charge is -2.32. The van der Waals surface area contributed by atoms with Crippen LogP contribution in [0.15, 0.2) is 18.2 Å². The van der Waals surface area contributed by atoms with Gasteiger partial charge < -0.3 is 33.5 Å². The van der Waals surface area contributed by atoms with Gasteiger partial charge in [0.05, 0.1) is 20.3 Å². The smallest absolute Gasteiger partial charge is 0.477 e. The van der Waals surface area contributed by atoms with Gasteiger partial charge in [-0.2, -0.15) is 0 Å². The predicted octanol–water partition coefficient (Wildman–Crippen LogP) is 5.30. The van der Waals surface area contributed by atoms with Gasteiger partial charge in [0.25, 0.3) is 5.72 Å². The number of benzene rings is 1. The number of hydrogen-bond acceptors (Lipinski definition) is 11. The molecule has 0 heterocycles. The van der Waals surface area contributed by atoms with Gasteiger partial charge in [0.15, 0.2) is 11.5 Å². The van der Waals surface area contributed by atoms with Gasteiger partial charge in [0.1, 0.15) is 0 Å². The Morgan fingerprint density at radius 1 is 0.846 bits per heavy atom. The van der Waals surface area contributed by atoms with Crippen LogP contribution < -0.4 is 14.8 Å². The van der Waals surface area contributed by atoms with E-state index in [-0.39, 0.29) is 48.2 Å². The van der Waals surface area contributed by atoms with Crippen LogP contribution >= 0.6 is 0 Å². The minimum Gasteiger partial charge on any atom is -0.477 e. The molecule has 0 saturated carbocycles. The number of aliphatic carboxylic acids is 1. The molecule has 39 heavy (non-hydrogen) atoms. The van der Waals surface area contributed by atoms with Crippen molar-refractivity contribution in [3.63, 3.8) is 0 Å². The molecular weight excluding hydrogens is 514 g/mol.